The number of amides is 1. The van der Waals surface area contributed by atoms with Gasteiger partial charge in [-0.3, -0.25) is 4.79 Å². The average molecular weight is 362 g/mol. The van der Waals surface area contributed by atoms with E-state index in [1.807, 2.05) is 23.1 Å². The van der Waals surface area contributed by atoms with Gasteiger partial charge in [0.25, 0.3) is 5.91 Å². The van der Waals surface area contributed by atoms with Crippen LogP contribution in [0.1, 0.15) is 46.3 Å². The van der Waals surface area contributed by atoms with Gasteiger partial charge in [-0.2, -0.15) is 0 Å². The summed E-state index contributed by atoms with van der Waals surface area (Å²) in [6.07, 6.45) is 4.24. The summed E-state index contributed by atoms with van der Waals surface area (Å²) in [5.41, 5.74) is 5.60. The lowest BCUT2D eigenvalue weighted by Crippen LogP contribution is -2.49. The molecule has 1 atom stereocenters. The van der Waals surface area contributed by atoms with Crippen molar-refractivity contribution in [2.45, 2.75) is 43.6 Å². The van der Waals surface area contributed by atoms with Crippen LogP contribution in [0.2, 0.25) is 0 Å². The summed E-state index contributed by atoms with van der Waals surface area (Å²) in [6.45, 7) is 2.43. The van der Waals surface area contributed by atoms with Crippen LogP contribution in [0.15, 0.2) is 42.5 Å². The van der Waals surface area contributed by atoms with E-state index in [2.05, 4.69) is 29.6 Å². The zero-order valence-electron chi connectivity index (χ0n) is 15.6. The van der Waals surface area contributed by atoms with Crippen LogP contribution in [-0.4, -0.2) is 41.7 Å². The van der Waals surface area contributed by atoms with E-state index in [4.69, 9.17) is 0 Å². The van der Waals surface area contributed by atoms with Gasteiger partial charge in [0.05, 0.1) is 6.10 Å². The number of fused-ring (bicyclic) bond motifs is 3. The first-order valence-electron chi connectivity index (χ1n) is 10.1. The molecule has 2 aromatic rings. The molecule has 2 heterocycles. The molecule has 27 heavy (non-hydrogen) atoms. The molecule has 5 rings (SSSR count). The Balaban J connectivity index is 1.34. The number of benzene rings is 2. The summed E-state index contributed by atoms with van der Waals surface area (Å²) >= 11 is 0. The number of carbonyl (C=O) groups excluding carboxylic acids is 1. The summed E-state index contributed by atoms with van der Waals surface area (Å²) < 4.78 is 0. The molecule has 4 heteroatoms. The number of anilines is 1. The lowest BCUT2D eigenvalue weighted by atomic mass is 9.72. The Labute approximate surface area is 160 Å². The number of nitrogens with one attached hydrogen (secondary N) is 1. The molecule has 2 aliphatic heterocycles. The second kappa shape index (κ2) is 6.38. The van der Waals surface area contributed by atoms with Gasteiger partial charge < -0.3 is 15.3 Å². The fourth-order valence-corrected chi connectivity index (χ4v) is 5.27. The van der Waals surface area contributed by atoms with Crippen molar-refractivity contribution in [3.63, 3.8) is 0 Å². The fraction of sp³-hybridized carbons (Fsp3) is 0.435. The number of hydrogen-bond acceptors (Lipinski definition) is 3. The molecule has 0 aromatic heterocycles. The van der Waals surface area contributed by atoms with E-state index in [1.165, 1.54) is 22.4 Å². The number of carbonyl (C=O) groups is 1. The van der Waals surface area contributed by atoms with Gasteiger partial charge >= 0.3 is 0 Å². The number of nitrogens with zero attached hydrogens (tertiary/aromatic N) is 1. The quantitative estimate of drug-likeness (QED) is 0.819. The van der Waals surface area contributed by atoms with Gasteiger partial charge in [0.15, 0.2) is 0 Å². The predicted molar refractivity (Wildman–Crippen MR) is 106 cm³/mol. The summed E-state index contributed by atoms with van der Waals surface area (Å²) in [5, 5.41) is 14.2. The zero-order valence-corrected chi connectivity index (χ0v) is 15.6. The summed E-state index contributed by atoms with van der Waals surface area (Å²) in [6, 6.07) is 14.5. The first-order chi connectivity index (χ1) is 13.2. The third-order valence-electron chi connectivity index (χ3n) is 6.84. The molecule has 1 amide bonds. The maximum atomic E-state index is 13.1. The van der Waals surface area contributed by atoms with Gasteiger partial charge in [0.1, 0.15) is 0 Å². The van der Waals surface area contributed by atoms with Crippen LogP contribution in [0, 0.1) is 0 Å². The van der Waals surface area contributed by atoms with E-state index in [1.54, 1.807) is 0 Å². The smallest absolute Gasteiger partial charge is 0.253 e. The van der Waals surface area contributed by atoms with Crippen LogP contribution in [0.3, 0.4) is 0 Å². The van der Waals surface area contributed by atoms with Gasteiger partial charge in [-0.05, 0) is 67.0 Å². The van der Waals surface area contributed by atoms with Crippen molar-refractivity contribution in [1.29, 1.82) is 0 Å². The van der Waals surface area contributed by atoms with E-state index >= 15 is 0 Å². The molecule has 1 saturated heterocycles. The first kappa shape index (κ1) is 16.8. The van der Waals surface area contributed by atoms with Crippen molar-refractivity contribution in [1.82, 2.24) is 4.90 Å². The first-order valence-corrected chi connectivity index (χ1v) is 10.1. The average Bonchev–Trinajstić information content (AvgIpc) is 2.99. The predicted octanol–water partition coefficient (Wildman–Crippen LogP) is 3.14. The summed E-state index contributed by atoms with van der Waals surface area (Å²) in [4.78, 5) is 15.0. The molecule has 2 N–H and O–H groups in total. The van der Waals surface area contributed by atoms with Crippen LogP contribution in [0.25, 0.3) is 0 Å². The highest BCUT2D eigenvalue weighted by Gasteiger charge is 2.48. The van der Waals surface area contributed by atoms with Crippen molar-refractivity contribution >= 4 is 11.6 Å². The Bertz CT molecular complexity index is 884. The molecule has 3 aliphatic rings. The molecule has 1 fully saturated rings. The molecule has 1 spiro atoms. The van der Waals surface area contributed by atoms with Gasteiger partial charge in [-0.15, -0.1) is 0 Å². The highest BCUT2D eigenvalue weighted by molar-refractivity contribution is 5.95. The van der Waals surface area contributed by atoms with Crippen LogP contribution in [-0.2, 0) is 18.3 Å². The van der Waals surface area contributed by atoms with Crippen molar-refractivity contribution < 1.29 is 9.90 Å². The second-order valence-corrected chi connectivity index (χ2v) is 8.23. The fourth-order valence-electron chi connectivity index (χ4n) is 5.27. The Morgan fingerprint density at radius 3 is 2.78 bits per heavy atom. The Morgan fingerprint density at radius 1 is 1.11 bits per heavy atom. The molecular weight excluding hydrogens is 336 g/mol. The minimum Gasteiger partial charge on any atom is -0.392 e. The number of hydrogen-bond donors (Lipinski definition) is 2. The molecule has 0 bridgehead atoms. The number of piperidine rings is 1. The lowest BCUT2D eigenvalue weighted by Gasteiger charge is -2.42. The molecular formula is C23H26N2O2. The van der Waals surface area contributed by atoms with Crippen LogP contribution in [0.5, 0.6) is 0 Å². The number of aliphatic hydroxyl groups excluding tert-OH is 1. The zero-order chi connectivity index (χ0) is 18.4. The lowest BCUT2D eigenvalue weighted by molar-refractivity contribution is 0.0365. The highest BCUT2D eigenvalue weighted by Crippen LogP contribution is 2.46. The topological polar surface area (TPSA) is 52.6 Å². The maximum Gasteiger partial charge on any atom is 0.253 e. The number of likely N-dealkylation sites (tertiary alicyclic amines) is 1. The molecule has 0 radical (unpaired) electrons. The van der Waals surface area contributed by atoms with Crippen molar-refractivity contribution in [2.75, 3.05) is 25.0 Å². The highest BCUT2D eigenvalue weighted by atomic mass is 16.3. The minimum absolute atomic E-state index is 0.124. The summed E-state index contributed by atoms with van der Waals surface area (Å²) in [7, 11) is 0. The van der Waals surface area contributed by atoms with Crippen molar-refractivity contribution in [2.24, 2.45) is 0 Å². The normalized spacial score (nSPS) is 22.9. The van der Waals surface area contributed by atoms with Crippen LogP contribution < -0.4 is 5.32 Å². The van der Waals surface area contributed by atoms with Gasteiger partial charge in [0, 0.05) is 36.3 Å². The number of aryl methyl sites for hydroxylation is 1. The van der Waals surface area contributed by atoms with Crippen LogP contribution in [0.4, 0.5) is 5.69 Å². The second-order valence-electron chi connectivity index (χ2n) is 8.23. The molecule has 140 valence electrons. The molecule has 4 nitrogen and oxygen atoms in total. The Kier molecular flexibility index (Phi) is 3.97. The third kappa shape index (κ3) is 2.66. The van der Waals surface area contributed by atoms with E-state index in [0.717, 1.165) is 44.2 Å². The Hall–Kier alpha value is -2.33. The monoisotopic (exact) mass is 362 g/mol. The van der Waals surface area contributed by atoms with Crippen LogP contribution >= 0.6 is 0 Å². The molecule has 2 aromatic carbocycles. The standard InChI is InChI=1S/C23H26N2O2/c26-21-15-16-4-1-2-6-19(16)23(21)9-12-25(13-10-23)22(27)18-7-8-20-17(14-18)5-3-11-24-20/h1-2,4,6-8,14,21,24,26H,3,5,9-13,15H2. The van der Waals surface area contributed by atoms with Gasteiger partial charge in [0.2, 0.25) is 0 Å². The number of aliphatic hydroxyl groups is 1. The number of rotatable bonds is 1. The maximum absolute atomic E-state index is 13.1. The van der Waals surface area contributed by atoms with E-state index < -0.39 is 0 Å². The minimum atomic E-state index is -0.332. The summed E-state index contributed by atoms with van der Waals surface area (Å²) in [5.74, 6) is 0.124. The molecule has 1 aliphatic carbocycles. The third-order valence-corrected chi connectivity index (χ3v) is 6.84. The van der Waals surface area contributed by atoms with Gasteiger partial charge in [-0.25, -0.2) is 0 Å². The largest absolute Gasteiger partial charge is 0.392 e. The van der Waals surface area contributed by atoms with E-state index in [9.17, 15) is 9.90 Å². The SMILES string of the molecule is O=C(c1ccc2c(c1)CCCN2)N1CCC2(CC1)c1ccccc1CC2O. The van der Waals surface area contributed by atoms with Crippen molar-refractivity contribution in [3.05, 3.63) is 64.7 Å². The molecule has 1 unspecified atom stereocenters. The molecule has 0 saturated carbocycles. The van der Waals surface area contributed by atoms with E-state index in [-0.39, 0.29) is 17.4 Å². The van der Waals surface area contributed by atoms with Gasteiger partial charge in [-0.1, -0.05) is 24.3 Å². The van der Waals surface area contributed by atoms with E-state index in [0.29, 0.717) is 13.1 Å². The Morgan fingerprint density at radius 2 is 1.93 bits per heavy atom. The van der Waals surface area contributed by atoms with Crippen molar-refractivity contribution in [3.8, 4) is 0 Å².